The van der Waals surface area contributed by atoms with Crippen LogP contribution in [-0.4, -0.2) is 0 Å². The maximum absolute atomic E-state index is 3.69. The molecule has 0 aromatic heterocycles. The van der Waals surface area contributed by atoms with Gasteiger partial charge in [-0.25, -0.2) is 0 Å². The molecule has 0 aliphatic carbocycles. The van der Waals surface area contributed by atoms with Gasteiger partial charge in [0.15, 0.2) is 0 Å². The van der Waals surface area contributed by atoms with E-state index >= 15 is 0 Å². The van der Waals surface area contributed by atoms with Crippen LogP contribution in [0.3, 0.4) is 0 Å². The number of rotatable bonds is 4. The molecule has 0 saturated carbocycles. The highest BCUT2D eigenvalue weighted by molar-refractivity contribution is 5.74. The zero-order valence-electron chi connectivity index (χ0n) is 18.4. The SMILES string of the molecule is CC(C)c1ccc(-c2[c]c(-c3ccc(C(C)C)cc3)cc(C(C)(C)C)c2)cc1. The zero-order valence-corrected chi connectivity index (χ0v) is 18.4. The van der Waals surface area contributed by atoms with Crippen molar-refractivity contribution >= 4 is 0 Å². The van der Waals surface area contributed by atoms with Crippen molar-refractivity contribution in [1.82, 2.24) is 0 Å². The van der Waals surface area contributed by atoms with E-state index in [0.717, 1.165) is 0 Å². The lowest BCUT2D eigenvalue weighted by Crippen LogP contribution is -2.11. The third-order valence-corrected chi connectivity index (χ3v) is 5.51. The largest absolute Gasteiger partial charge is 0.0587 e. The Kier molecular flexibility index (Phi) is 5.79. The molecule has 0 fully saturated rings. The van der Waals surface area contributed by atoms with E-state index in [0.29, 0.717) is 11.8 Å². The van der Waals surface area contributed by atoms with E-state index in [4.69, 9.17) is 0 Å². The van der Waals surface area contributed by atoms with Crippen LogP contribution in [0.4, 0.5) is 0 Å². The van der Waals surface area contributed by atoms with E-state index in [1.54, 1.807) is 0 Å². The van der Waals surface area contributed by atoms with Crippen molar-refractivity contribution < 1.29 is 0 Å². The van der Waals surface area contributed by atoms with Gasteiger partial charge in [-0.3, -0.25) is 0 Å². The Hall–Kier alpha value is -2.34. The van der Waals surface area contributed by atoms with E-state index in [2.05, 4.69) is 115 Å². The molecule has 0 nitrogen and oxygen atoms in total. The minimum Gasteiger partial charge on any atom is -0.0587 e. The molecule has 0 atom stereocenters. The average molecular weight is 370 g/mol. The van der Waals surface area contributed by atoms with Crippen LogP contribution in [0.1, 0.15) is 77.0 Å². The number of hydrogen-bond acceptors (Lipinski definition) is 0. The second kappa shape index (κ2) is 7.95. The maximum Gasteiger partial charge on any atom is -0.00141 e. The molecule has 3 rings (SSSR count). The first-order valence-electron chi connectivity index (χ1n) is 10.4. The fraction of sp³-hybridized carbons (Fsp3) is 0.357. The van der Waals surface area contributed by atoms with Gasteiger partial charge in [0.25, 0.3) is 0 Å². The summed E-state index contributed by atoms with van der Waals surface area (Å²) in [6, 6.07) is 26.2. The molecule has 28 heavy (non-hydrogen) atoms. The van der Waals surface area contributed by atoms with E-state index in [1.807, 2.05) is 0 Å². The van der Waals surface area contributed by atoms with Crippen molar-refractivity contribution in [3.05, 3.63) is 83.4 Å². The van der Waals surface area contributed by atoms with Crippen LogP contribution in [-0.2, 0) is 5.41 Å². The summed E-state index contributed by atoms with van der Waals surface area (Å²) in [6.07, 6.45) is 0. The van der Waals surface area contributed by atoms with Gasteiger partial charge in [0.1, 0.15) is 0 Å². The van der Waals surface area contributed by atoms with E-state index in [-0.39, 0.29) is 5.41 Å². The number of hydrogen-bond donors (Lipinski definition) is 0. The highest BCUT2D eigenvalue weighted by Gasteiger charge is 2.17. The second-order valence-corrected chi connectivity index (χ2v) is 9.50. The van der Waals surface area contributed by atoms with Crippen molar-refractivity contribution in [3.63, 3.8) is 0 Å². The molecular formula is C28H33. The Morgan fingerprint density at radius 2 is 0.964 bits per heavy atom. The number of benzene rings is 3. The third kappa shape index (κ3) is 4.55. The lowest BCUT2D eigenvalue weighted by Gasteiger charge is -2.22. The van der Waals surface area contributed by atoms with Crippen LogP contribution < -0.4 is 0 Å². The molecule has 0 bridgehead atoms. The van der Waals surface area contributed by atoms with Gasteiger partial charge >= 0.3 is 0 Å². The van der Waals surface area contributed by atoms with Crippen LogP contribution in [0.5, 0.6) is 0 Å². The van der Waals surface area contributed by atoms with E-state index in [9.17, 15) is 0 Å². The smallest absolute Gasteiger partial charge is 0.00141 e. The summed E-state index contributed by atoms with van der Waals surface area (Å²) in [5.74, 6) is 1.10. The minimum absolute atomic E-state index is 0.0916. The van der Waals surface area contributed by atoms with Gasteiger partial charge in [-0.05, 0) is 74.4 Å². The maximum atomic E-state index is 3.69. The normalized spacial score (nSPS) is 12.0. The summed E-state index contributed by atoms with van der Waals surface area (Å²) < 4.78 is 0. The van der Waals surface area contributed by atoms with E-state index in [1.165, 1.54) is 38.9 Å². The van der Waals surface area contributed by atoms with Gasteiger partial charge in [-0.2, -0.15) is 0 Å². The van der Waals surface area contributed by atoms with Crippen LogP contribution in [0.25, 0.3) is 22.3 Å². The molecule has 0 saturated heterocycles. The lowest BCUT2D eigenvalue weighted by molar-refractivity contribution is 0.590. The van der Waals surface area contributed by atoms with Gasteiger partial charge in [0.05, 0.1) is 0 Å². The predicted molar refractivity (Wildman–Crippen MR) is 123 cm³/mol. The first kappa shape index (κ1) is 20.4. The van der Waals surface area contributed by atoms with Crippen molar-refractivity contribution in [2.75, 3.05) is 0 Å². The monoisotopic (exact) mass is 369 g/mol. The molecule has 3 aromatic rings. The molecule has 0 N–H and O–H groups in total. The molecule has 3 aromatic carbocycles. The Morgan fingerprint density at radius 1 is 0.607 bits per heavy atom. The molecule has 0 amide bonds. The van der Waals surface area contributed by atoms with E-state index < -0.39 is 0 Å². The summed E-state index contributed by atoms with van der Waals surface area (Å²) in [7, 11) is 0. The fourth-order valence-electron chi connectivity index (χ4n) is 3.41. The summed E-state index contributed by atoms with van der Waals surface area (Å²) in [6.45, 7) is 15.8. The highest BCUT2D eigenvalue weighted by atomic mass is 14.2. The summed E-state index contributed by atoms with van der Waals surface area (Å²) in [4.78, 5) is 0. The van der Waals surface area contributed by atoms with Crippen LogP contribution in [0.2, 0.25) is 0 Å². The predicted octanol–water partition coefficient (Wildman–Crippen LogP) is 8.37. The highest BCUT2D eigenvalue weighted by Crippen LogP contribution is 2.34. The summed E-state index contributed by atoms with van der Waals surface area (Å²) in [5, 5.41) is 0. The van der Waals surface area contributed by atoms with Crippen molar-refractivity contribution in [1.29, 1.82) is 0 Å². The van der Waals surface area contributed by atoms with Gasteiger partial charge < -0.3 is 0 Å². The molecule has 0 heteroatoms. The first-order chi connectivity index (χ1) is 13.1. The van der Waals surface area contributed by atoms with Crippen molar-refractivity contribution in [2.45, 2.75) is 65.7 Å². The quantitative estimate of drug-likeness (QED) is 0.433. The van der Waals surface area contributed by atoms with Gasteiger partial charge in [-0.1, -0.05) is 97.0 Å². The Morgan fingerprint density at radius 3 is 1.25 bits per heavy atom. The van der Waals surface area contributed by atoms with Gasteiger partial charge in [0, 0.05) is 0 Å². The summed E-state index contributed by atoms with van der Waals surface area (Å²) in [5.41, 5.74) is 8.99. The molecule has 0 unspecified atom stereocenters. The lowest BCUT2D eigenvalue weighted by atomic mass is 9.83. The zero-order chi connectivity index (χ0) is 20.5. The molecule has 145 valence electrons. The van der Waals surface area contributed by atoms with Gasteiger partial charge in [0.2, 0.25) is 0 Å². The minimum atomic E-state index is 0.0916. The Bertz CT molecular complexity index is 848. The third-order valence-electron chi connectivity index (χ3n) is 5.51. The van der Waals surface area contributed by atoms with Gasteiger partial charge in [-0.15, -0.1) is 0 Å². The van der Waals surface area contributed by atoms with Crippen molar-refractivity contribution in [2.24, 2.45) is 0 Å². The topological polar surface area (TPSA) is 0 Å². The first-order valence-corrected chi connectivity index (χ1v) is 10.4. The Balaban J connectivity index is 2.09. The molecule has 0 spiro atoms. The molecule has 0 heterocycles. The van der Waals surface area contributed by atoms with Crippen LogP contribution in [0, 0.1) is 6.07 Å². The Labute approximate surface area is 171 Å². The van der Waals surface area contributed by atoms with Crippen LogP contribution in [0.15, 0.2) is 60.7 Å². The summed E-state index contributed by atoms with van der Waals surface area (Å²) >= 11 is 0. The molecule has 0 aliphatic heterocycles. The second-order valence-electron chi connectivity index (χ2n) is 9.50. The molecule has 1 radical (unpaired) electrons. The molecule has 0 aliphatic rings. The fourth-order valence-corrected chi connectivity index (χ4v) is 3.41. The average Bonchev–Trinajstić information content (AvgIpc) is 2.67. The van der Waals surface area contributed by atoms with Crippen LogP contribution >= 0.6 is 0 Å². The standard InChI is InChI=1S/C28H33/c1-19(2)21-8-12-23(13-9-21)25-16-26(18-27(17-25)28(5,6)7)24-14-10-22(11-15-24)20(3)4/h8-15,17-20H,1-7H3. The van der Waals surface area contributed by atoms with Crippen molar-refractivity contribution in [3.8, 4) is 22.3 Å². The molecular weight excluding hydrogens is 336 g/mol.